The number of ether oxygens (including phenoxy) is 3. The summed E-state index contributed by atoms with van der Waals surface area (Å²) in [5.74, 6) is -1.64. The topological polar surface area (TPSA) is 123 Å². The molecule has 0 saturated carbocycles. The predicted molar refractivity (Wildman–Crippen MR) is 89.5 cm³/mol. The number of benzene rings is 1. The summed E-state index contributed by atoms with van der Waals surface area (Å²) in [6.45, 7) is 3.52. The van der Waals surface area contributed by atoms with Crippen molar-refractivity contribution >= 4 is 5.90 Å². The maximum absolute atomic E-state index is 10.0. The van der Waals surface area contributed by atoms with Crippen molar-refractivity contribution in [1.82, 2.24) is 0 Å². The lowest BCUT2D eigenvalue weighted by atomic mass is 9.53. The van der Waals surface area contributed by atoms with Gasteiger partial charge in [0.2, 0.25) is 17.1 Å². The van der Waals surface area contributed by atoms with Gasteiger partial charge in [-0.1, -0.05) is 26.0 Å². The lowest BCUT2D eigenvalue weighted by molar-refractivity contribution is -0.280. The highest BCUT2D eigenvalue weighted by Crippen LogP contribution is 2.66. The second-order valence-corrected chi connectivity index (χ2v) is 6.54. The zero-order chi connectivity index (χ0) is 19.2. The monoisotopic (exact) mass is 350 g/mol. The third-order valence-corrected chi connectivity index (χ3v) is 5.72. The summed E-state index contributed by atoms with van der Waals surface area (Å²) in [5.41, 5.74) is -3.08. The van der Waals surface area contributed by atoms with E-state index in [2.05, 4.69) is 6.07 Å². The van der Waals surface area contributed by atoms with E-state index in [1.807, 2.05) is 19.1 Å². The molecule has 0 unspecified atom stereocenters. The molecule has 1 aromatic rings. The molecular weight excluding hydrogens is 332 g/mol. The average molecular weight is 350 g/mol. The van der Waals surface area contributed by atoms with E-state index in [1.54, 1.807) is 31.2 Å². The third kappa shape index (κ3) is 1.80. The number of hydrogen-bond acceptors (Lipinski definition) is 7. The Balaban J connectivity index is 2.28. The summed E-state index contributed by atoms with van der Waals surface area (Å²) in [7, 11) is 1.54. The van der Waals surface area contributed by atoms with Crippen molar-refractivity contribution in [3.05, 3.63) is 29.8 Å². The number of nitrogens with zero attached hydrogens (tertiary/aromatic N) is 3. The van der Waals surface area contributed by atoms with Gasteiger partial charge in [-0.3, -0.25) is 5.41 Å². The normalized spacial score (nSPS) is 34.1. The minimum Gasteiger partial charge on any atom is -0.497 e. The summed E-state index contributed by atoms with van der Waals surface area (Å²) < 4.78 is 17.0. The third-order valence-electron chi connectivity index (χ3n) is 5.72. The fraction of sp³-hybridized carbons (Fsp3) is 0.474. The summed E-state index contributed by atoms with van der Waals surface area (Å²) >= 11 is 0. The maximum Gasteiger partial charge on any atom is 0.217 e. The molecule has 7 nitrogen and oxygen atoms in total. The Labute approximate surface area is 151 Å². The number of methoxy groups -OCH3 is 1. The zero-order valence-electron chi connectivity index (χ0n) is 14.7. The molecule has 0 amide bonds. The minimum atomic E-state index is -1.91. The predicted octanol–water partition coefficient (Wildman–Crippen LogP) is 3.06. The van der Waals surface area contributed by atoms with E-state index in [-0.39, 0.29) is 5.90 Å². The van der Waals surface area contributed by atoms with Gasteiger partial charge in [0.05, 0.1) is 31.2 Å². The molecule has 2 aliphatic heterocycles. The molecule has 0 radical (unpaired) electrons. The van der Waals surface area contributed by atoms with Gasteiger partial charge < -0.3 is 14.2 Å². The molecule has 1 N–H and O–H groups in total. The van der Waals surface area contributed by atoms with Crippen molar-refractivity contribution in [1.29, 1.82) is 21.2 Å². The molecule has 3 rings (SSSR count). The number of hydrogen-bond donors (Lipinski definition) is 1. The van der Waals surface area contributed by atoms with Crippen LogP contribution < -0.4 is 4.74 Å². The lowest BCUT2D eigenvalue weighted by Gasteiger charge is -2.48. The Hall–Kier alpha value is -3.08. The van der Waals surface area contributed by atoms with Gasteiger partial charge >= 0.3 is 0 Å². The molecule has 132 valence electrons. The zero-order valence-corrected chi connectivity index (χ0v) is 14.7. The van der Waals surface area contributed by atoms with Gasteiger partial charge in [-0.05, 0) is 17.7 Å². The number of rotatable bonds is 3. The van der Waals surface area contributed by atoms with Crippen LogP contribution in [0.15, 0.2) is 24.3 Å². The molecule has 2 heterocycles. The fourth-order valence-electron chi connectivity index (χ4n) is 4.12. The van der Waals surface area contributed by atoms with Crippen LogP contribution in [0.25, 0.3) is 0 Å². The van der Waals surface area contributed by atoms with Crippen molar-refractivity contribution in [2.24, 2.45) is 16.7 Å². The van der Waals surface area contributed by atoms with E-state index < -0.39 is 28.6 Å². The van der Waals surface area contributed by atoms with Crippen LogP contribution in [0, 0.1) is 56.2 Å². The summed E-state index contributed by atoms with van der Waals surface area (Å²) in [6.07, 6.45) is -0.665. The van der Waals surface area contributed by atoms with E-state index in [0.29, 0.717) is 17.7 Å². The van der Waals surface area contributed by atoms with E-state index in [0.717, 1.165) is 0 Å². The summed E-state index contributed by atoms with van der Waals surface area (Å²) in [6, 6.07) is 12.9. The van der Waals surface area contributed by atoms with Crippen LogP contribution in [0.4, 0.5) is 0 Å². The smallest absolute Gasteiger partial charge is 0.217 e. The van der Waals surface area contributed by atoms with Gasteiger partial charge in [-0.25, -0.2) is 0 Å². The van der Waals surface area contributed by atoms with E-state index in [1.165, 1.54) is 7.11 Å². The van der Waals surface area contributed by atoms with Gasteiger partial charge in [0.1, 0.15) is 11.9 Å². The van der Waals surface area contributed by atoms with Crippen molar-refractivity contribution < 1.29 is 14.2 Å². The summed E-state index contributed by atoms with van der Waals surface area (Å²) in [4.78, 5) is 0. The van der Waals surface area contributed by atoms with E-state index in [4.69, 9.17) is 19.6 Å². The lowest BCUT2D eigenvalue weighted by Crippen LogP contribution is -2.58. The van der Waals surface area contributed by atoms with Crippen LogP contribution in [0.3, 0.4) is 0 Å². The number of fused-ring (bicyclic) bond motifs is 2. The quantitative estimate of drug-likeness (QED) is 0.893. The van der Waals surface area contributed by atoms with Crippen LogP contribution in [0.1, 0.15) is 31.9 Å². The molecule has 2 saturated heterocycles. The SMILES string of the molecule is CC[C@]12OC(=N)[C@](C#N)([C@H]1C)C(C#N)(C#N)[C@H](c1ccc(OC)cc1)O2. The minimum absolute atomic E-state index is 0.375. The average Bonchev–Trinajstić information content (AvgIpc) is 2.84. The van der Waals surface area contributed by atoms with Crippen LogP contribution >= 0.6 is 0 Å². The second-order valence-electron chi connectivity index (χ2n) is 6.54. The molecule has 0 spiro atoms. The van der Waals surface area contributed by atoms with Crippen molar-refractivity contribution in [2.45, 2.75) is 32.2 Å². The van der Waals surface area contributed by atoms with Crippen molar-refractivity contribution in [2.75, 3.05) is 7.11 Å². The number of nitriles is 3. The molecule has 4 atom stereocenters. The standard InChI is InChI=1S/C19H18N4O3/c1-4-19-12(2)18(11-22,16(23)26-19)17(9-20,10-21)15(25-19)13-5-7-14(24-3)8-6-13/h5-8,12,15,23H,4H2,1-3H3/t12-,15+,18+,19+/m1/s1. The van der Waals surface area contributed by atoms with Crippen molar-refractivity contribution in [3.8, 4) is 24.0 Å². The molecular formula is C19H18N4O3. The Bertz CT molecular complexity index is 862. The van der Waals surface area contributed by atoms with Crippen LogP contribution in [-0.2, 0) is 9.47 Å². The van der Waals surface area contributed by atoms with Crippen LogP contribution in [0.5, 0.6) is 5.75 Å². The first-order valence-corrected chi connectivity index (χ1v) is 8.25. The van der Waals surface area contributed by atoms with Gasteiger partial charge in [0, 0.05) is 6.42 Å². The largest absolute Gasteiger partial charge is 0.497 e. The molecule has 7 heteroatoms. The molecule has 2 fully saturated rings. The Morgan fingerprint density at radius 1 is 1.15 bits per heavy atom. The molecule has 0 aromatic heterocycles. The first-order chi connectivity index (χ1) is 12.4. The highest BCUT2D eigenvalue weighted by Gasteiger charge is 2.78. The Morgan fingerprint density at radius 3 is 2.23 bits per heavy atom. The van der Waals surface area contributed by atoms with Gasteiger partial charge in [0.25, 0.3) is 0 Å². The van der Waals surface area contributed by atoms with Gasteiger partial charge in [-0.2, -0.15) is 15.8 Å². The molecule has 2 bridgehead atoms. The molecule has 0 aliphatic carbocycles. The van der Waals surface area contributed by atoms with Crippen molar-refractivity contribution in [3.63, 3.8) is 0 Å². The first kappa shape index (κ1) is 17.7. The highest BCUT2D eigenvalue weighted by atomic mass is 16.7. The maximum atomic E-state index is 10.0. The molecule has 2 aliphatic rings. The van der Waals surface area contributed by atoms with Gasteiger partial charge in [0.15, 0.2) is 5.41 Å². The Kier molecular flexibility index (Phi) is 3.91. The summed E-state index contributed by atoms with van der Waals surface area (Å²) in [5, 5.41) is 38.3. The van der Waals surface area contributed by atoms with E-state index >= 15 is 0 Å². The molecule has 26 heavy (non-hydrogen) atoms. The molecule has 1 aromatic carbocycles. The van der Waals surface area contributed by atoms with E-state index in [9.17, 15) is 15.8 Å². The first-order valence-electron chi connectivity index (χ1n) is 8.25. The second kappa shape index (κ2) is 5.73. The van der Waals surface area contributed by atoms with Gasteiger partial charge in [-0.15, -0.1) is 0 Å². The van der Waals surface area contributed by atoms with Crippen LogP contribution in [-0.4, -0.2) is 18.8 Å². The highest BCUT2D eigenvalue weighted by molar-refractivity contribution is 5.89. The Morgan fingerprint density at radius 2 is 1.77 bits per heavy atom. The number of nitrogens with one attached hydrogen (secondary N) is 1. The fourth-order valence-corrected chi connectivity index (χ4v) is 4.12. The van der Waals surface area contributed by atoms with Crippen LogP contribution in [0.2, 0.25) is 0 Å².